The molecule has 0 spiro atoms. The number of hydrogen-bond donors (Lipinski definition) is 2. The van der Waals surface area contributed by atoms with Gasteiger partial charge in [-0.15, -0.1) is 12.4 Å². The summed E-state index contributed by atoms with van der Waals surface area (Å²) in [7, 11) is 0. The van der Waals surface area contributed by atoms with Crippen LogP contribution in [0.25, 0.3) is 0 Å². The monoisotopic (exact) mass is 408 g/mol. The quantitative estimate of drug-likeness (QED) is 0.778. The highest BCUT2D eigenvalue weighted by molar-refractivity contribution is 5.85. The molecule has 1 amide bonds. The molecule has 0 aromatic heterocycles. The van der Waals surface area contributed by atoms with Crippen LogP contribution in [0.4, 0.5) is 0 Å². The molecule has 5 unspecified atom stereocenters. The van der Waals surface area contributed by atoms with Gasteiger partial charge in [0, 0.05) is 35.0 Å². The van der Waals surface area contributed by atoms with Gasteiger partial charge in [0.15, 0.2) is 0 Å². The molecule has 3 aliphatic rings. The lowest BCUT2D eigenvalue weighted by Crippen LogP contribution is -2.53. The van der Waals surface area contributed by atoms with Gasteiger partial charge in [0.05, 0.1) is 12.5 Å². The Morgan fingerprint density at radius 3 is 2.89 bits per heavy atom. The fourth-order valence-corrected chi connectivity index (χ4v) is 4.80. The zero-order valence-corrected chi connectivity index (χ0v) is 17.9. The third-order valence-corrected chi connectivity index (χ3v) is 6.42. The number of fused-ring (bicyclic) bond motifs is 1. The van der Waals surface area contributed by atoms with Gasteiger partial charge in [0.1, 0.15) is 17.6 Å². The molecule has 2 saturated carbocycles. The van der Waals surface area contributed by atoms with E-state index in [0.29, 0.717) is 12.5 Å². The molecule has 1 aromatic rings. The Balaban J connectivity index is 0.00000225. The van der Waals surface area contributed by atoms with Crippen molar-refractivity contribution in [1.82, 2.24) is 5.32 Å². The largest absolute Gasteiger partial charge is 0.494 e. The molecule has 6 heteroatoms. The van der Waals surface area contributed by atoms with E-state index in [1.807, 2.05) is 13.8 Å². The fourth-order valence-electron chi connectivity index (χ4n) is 4.80. The summed E-state index contributed by atoms with van der Waals surface area (Å²) in [4.78, 5) is 12.8. The summed E-state index contributed by atoms with van der Waals surface area (Å²) in [5, 5.41) is 3.26. The Hall–Kier alpha value is -1.46. The Morgan fingerprint density at radius 2 is 2.18 bits per heavy atom. The van der Waals surface area contributed by atoms with Crippen molar-refractivity contribution in [3.05, 3.63) is 23.3 Å². The van der Waals surface area contributed by atoms with Crippen LogP contribution in [-0.4, -0.2) is 30.2 Å². The van der Waals surface area contributed by atoms with E-state index >= 15 is 0 Å². The van der Waals surface area contributed by atoms with Crippen molar-refractivity contribution in [2.24, 2.45) is 11.7 Å². The van der Waals surface area contributed by atoms with Gasteiger partial charge >= 0.3 is 0 Å². The predicted molar refractivity (Wildman–Crippen MR) is 112 cm³/mol. The van der Waals surface area contributed by atoms with Gasteiger partial charge in [-0.2, -0.15) is 0 Å². The fraction of sp³-hybridized carbons (Fsp3) is 0.682. The molecule has 28 heavy (non-hydrogen) atoms. The van der Waals surface area contributed by atoms with Crippen molar-refractivity contribution in [2.45, 2.75) is 82.9 Å². The molecule has 5 atom stereocenters. The highest BCUT2D eigenvalue weighted by Gasteiger charge is 2.45. The van der Waals surface area contributed by atoms with Crippen LogP contribution in [0.1, 0.15) is 69.9 Å². The number of halogens is 1. The number of rotatable bonds is 5. The molecule has 156 valence electrons. The Kier molecular flexibility index (Phi) is 6.16. The Morgan fingerprint density at radius 1 is 1.39 bits per heavy atom. The van der Waals surface area contributed by atoms with E-state index in [1.165, 1.54) is 5.56 Å². The molecule has 1 aromatic carbocycles. The van der Waals surface area contributed by atoms with Crippen LogP contribution in [0.3, 0.4) is 0 Å². The van der Waals surface area contributed by atoms with Crippen molar-refractivity contribution in [3.63, 3.8) is 0 Å². The smallest absolute Gasteiger partial charge is 0.225 e. The minimum atomic E-state index is -0.388. The summed E-state index contributed by atoms with van der Waals surface area (Å²) < 4.78 is 11.9. The first kappa shape index (κ1) is 21.3. The molecule has 0 bridgehead atoms. The molecule has 2 fully saturated rings. The maximum absolute atomic E-state index is 12.8. The number of carbonyl (C=O) groups is 1. The highest BCUT2D eigenvalue weighted by Crippen LogP contribution is 2.48. The maximum Gasteiger partial charge on any atom is 0.225 e. The van der Waals surface area contributed by atoms with Crippen LogP contribution in [0.5, 0.6) is 11.5 Å². The lowest BCUT2D eigenvalue weighted by Gasteiger charge is -2.37. The van der Waals surface area contributed by atoms with Crippen LogP contribution in [0.15, 0.2) is 12.1 Å². The van der Waals surface area contributed by atoms with E-state index in [2.05, 4.69) is 24.4 Å². The third-order valence-electron chi connectivity index (χ3n) is 6.42. The van der Waals surface area contributed by atoms with E-state index in [-0.39, 0.29) is 41.9 Å². The van der Waals surface area contributed by atoms with E-state index in [9.17, 15) is 4.79 Å². The average molecular weight is 409 g/mol. The summed E-state index contributed by atoms with van der Waals surface area (Å²) in [5.74, 6) is 2.25. The normalized spacial score (nSPS) is 33.3. The predicted octanol–water partition coefficient (Wildman–Crippen LogP) is 3.71. The molecular formula is C22H33ClN2O3. The number of nitrogens with one attached hydrogen (secondary N) is 1. The summed E-state index contributed by atoms with van der Waals surface area (Å²) in [6, 6.07) is 4.44. The van der Waals surface area contributed by atoms with E-state index in [4.69, 9.17) is 15.2 Å². The van der Waals surface area contributed by atoms with E-state index in [0.717, 1.165) is 55.6 Å². The minimum absolute atomic E-state index is 0. The van der Waals surface area contributed by atoms with Gasteiger partial charge in [0.2, 0.25) is 5.91 Å². The number of benzene rings is 1. The molecule has 1 heterocycles. The van der Waals surface area contributed by atoms with Gasteiger partial charge in [0.25, 0.3) is 0 Å². The lowest BCUT2D eigenvalue weighted by atomic mass is 9.74. The zero-order valence-electron chi connectivity index (χ0n) is 17.1. The minimum Gasteiger partial charge on any atom is -0.494 e. The SMILES string of the molecule is CCOc1cc2c(cc1C1CC1NC(=O)C1CCCCC1(C)N)OC(C)C2.Cl. The third kappa shape index (κ3) is 4.11. The topological polar surface area (TPSA) is 73.6 Å². The van der Waals surface area contributed by atoms with Crippen LogP contribution >= 0.6 is 12.4 Å². The van der Waals surface area contributed by atoms with Crippen LogP contribution in [-0.2, 0) is 11.2 Å². The second kappa shape index (κ2) is 8.11. The van der Waals surface area contributed by atoms with Crippen molar-refractivity contribution >= 4 is 18.3 Å². The standard InChI is InChI=1S/C22H32N2O3.ClH/c1-4-26-20-10-14-9-13(2)27-19(14)12-16(20)15-11-18(15)24-21(25)17-7-5-6-8-22(17,3)23;/h10,12-13,15,17-18H,4-9,11,23H2,1-3H3,(H,24,25);1H. The van der Waals surface area contributed by atoms with Gasteiger partial charge in [-0.1, -0.05) is 12.8 Å². The number of nitrogens with two attached hydrogens (primary N) is 1. The van der Waals surface area contributed by atoms with Crippen molar-refractivity contribution < 1.29 is 14.3 Å². The highest BCUT2D eigenvalue weighted by atomic mass is 35.5. The maximum atomic E-state index is 12.8. The number of amides is 1. The van der Waals surface area contributed by atoms with Crippen molar-refractivity contribution in [2.75, 3.05) is 6.61 Å². The molecule has 0 saturated heterocycles. The van der Waals surface area contributed by atoms with Gasteiger partial charge in [-0.25, -0.2) is 0 Å². The van der Waals surface area contributed by atoms with Crippen LogP contribution in [0, 0.1) is 5.92 Å². The Labute approximate surface area is 174 Å². The molecule has 2 aliphatic carbocycles. The summed E-state index contributed by atoms with van der Waals surface area (Å²) in [6.45, 7) is 6.76. The first-order valence-electron chi connectivity index (χ1n) is 10.4. The second-order valence-electron chi connectivity index (χ2n) is 8.82. The van der Waals surface area contributed by atoms with Crippen molar-refractivity contribution in [1.29, 1.82) is 0 Å². The lowest BCUT2D eigenvalue weighted by molar-refractivity contribution is -0.128. The first-order chi connectivity index (χ1) is 12.9. The molecule has 1 aliphatic heterocycles. The first-order valence-corrected chi connectivity index (χ1v) is 10.4. The van der Waals surface area contributed by atoms with Gasteiger partial charge in [-0.3, -0.25) is 4.79 Å². The molecule has 3 N–H and O–H groups in total. The zero-order chi connectivity index (χ0) is 19.2. The molecular weight excluding hydrogens is 376 g/mol. The van der Waals surface area contributed by atoms with E-state index < -0.39 is 0 Å². The van der Waals surface area contributed by atoms with Gasteiger partial charge in [-0.05, 0) is 52.2 Å². The van der Waals surface area contributed by atoms with Crippen LogP contribution in [0.2, 0.25) is 0 Å². The molecule has 0 radical (unpaired) electrons. The van der Waals surface area contributed by atoms with Gasteiger partial charge < -0.3 is 20.5 Å². The summed E-state index contributed by atoms with van der Waals surface area (Å²) in [6.07, 6.45) is 6.12. The van der Waals surface area contributed by atoms with Crippen LogP contribution < -0.4 is 20.5 Å². The number of hydrogen-bond acceptors (Lipinski definition) is 4. The number of carbonyl (C=O) groups excluding carboxylic acids is 1. The average Bonchev–Trinajstić information content (AvgIpc) is 3.25. The summed E-state index contributed by atoms with van der Waals surface area (Å²) in [5.41, 5.74) is 8.40. The van der Waals surface area contributed by atoms with Crippen molar-refractivity contribution in [3.8, 4) is 11.5 Å². The number of ether oxygens (including phenoxy) is 2. The molecule has 5 nitrogen and oxygen atoms in total. The molecule has 4 rings (SSSR count). The summed E-state index contributed by atoms with van der Waals surface area (Å²) >= 11 is 0. The second-order valence-corrected chi connectivity index (χ2v) is 8.82. The van der Waals surface area contributed by atoms with E-state index in [1.54, 1.807) is 0 Å². The Bertz CT molecular complexity index is 737.